The number of likely N-dealkylation sites (N-methyl/N-ethyl adjacent to an activating group) is 1. The molecular formula is C24H25F3N2O5. The number of carboxylic acids is 1. The Bertz CT molecular complexity index is 1080. The summed E-state index contributed by atoms with van der Waals surface area (Å²) in [6.07, 6.45) is -2.65. The van der Waals surface area contributed by atoms with Gasteiger partial charge in [-0.2, -0.15) is 0 Å². The molecule has 7 nitrogen and oxygen atoms in total. The second kappa shape index (κ2) is 9.54. The first kappa shape index (κ1) is 23.9. The van der Waals surface area contributed by atoms with Gasteiger partial charge < -0.3 is 24.8 Å². The van der Waals surface area contributed by atoms with Crippen LogP contribution in [0.4, 0.5) is 18.9 Å². The average molecular weight is 478 g/mol. The number of rotatable bonds is 9. The number of ether oxygens (including phenoxy) is 2. The van der Waals surface area contributed by atoms with Crippen molar-refractivity contribution in [2.75, 3.05) is 18.5 Å². The quantitative estimate of drug-likeness (QED) is 0.567. The molecule has 0 bridgehead atoms. The molecule has 1 aliphatic carbocycles. The van der Waals surface area contributed by atoms with Crippen molar-refractivity contribution >= 4 is 17.6 Å². The van der Waals surface area contributed by atoms with Crippen LogP contribution in [0.25, 0.3) is 0 Å². The summed E-state index contributed by atoms with van der Waals surface area (Å²) in [5.41, 5.74) is 2.61. The monoisotopic (exact) mass is 478 g/mol. The summed E-state index contributed by atoms with van der Waals surface area (Å²) in [4.78, 5) is 25.3. The van der Waals surface area contributed by atoms with Gasteiger partial charge in [0.05, 0.1) is 12.5 Å². The predicted octanol–water partition coefficient (Wildman–Crippen LogP) is 3.99. The lowest BCUT2D eigenvalue weighted by molar-refractivity contribution is -0.275. The standard InChI is InChI=1S/C24H25F3N2O5/c1-28-19(12-22(30)31)23(32)29-9-8-16-10-18(6-7-20(16)29)33-13-17-5-4-15(14-2-3-14)11-21(17)34-24(25,26)27/h4-7,10-11,14,19,28H,2-3,8-9,12-13H2,1H3,(H,30,31)/t19-/m1/s1. The summed E-state index contributed by atoms with van der Waals surface area (Å²) < 4.78 is 48.7. The Morgan fingerprint density at radius 2 is 1.97 bits per heavy atom. The lowest BCUT2D eigenvalue weighted by Crippen LogP contribution is -2.45. The van der Waals surface area contributed by atoms with Gasteiger partial charge >= 0.3 is 12.3 Å². The van der Waals surface area contributed by atoms with Gasteiger partial charge in [-0.05, 0) is 67.6 Å². The van der Waals surface area contributed by atoms with Crippen molar-refractivity contribution in [1.29, 1.82) is 0 Å². The molecule has 0 spiro atoms. The highest BCUT2D eigenvalue weighted by atomic mass is 19.4. The van der Waals surface area contributed by atoms with E-state index in [0.717, 1.165) is 24.0 Å². The molecule has 2 aromatic carbocycles. The van der Waals surface area contributed by atoms with Gasteiger partial charge in [0.15, 0.2) is 0 Å². The van der Waals surface area contributed by atoms with Crippen LogP contribution in [-0.4, -0.2) is 43.0 Å². The molecule has 1 atom stereocenters. The molecule has 1 fully saturated rings. The van der Waals surface area contributed by atoms with Crippen molar-refractivity contribution in [2.24, 2.45) is 0 Å². The van der Waals surface area contributed by atoms with Gasteiger partial charge in [0.1, 0.15) is 18.1 Å². The van der Waals surface area contributed by atoms with Crippen LogP contribution in [0.3, 0.4) is 0 Å². The minimum absolute atomic E-state index is 0.113. The number of alkyl halides is 3. The van der Waals surface area contributed by atoms with Crippen LogP contribution >= 0.6 is 0 Å². The molecule has 2 aromatic rings. The van der Waals surface area contributed by atoms with Gasteiger partial charge in [0.2, 0.25) is 5.91 Å². The molecule has 0 radical (unpaired) electrons. The van der Waals surface area contributed by atoms with E-state index in [9.17, 15) is 22.8 Å². The number of halogens is 3. The summed E-state index contributed by atoms with van der Waals surface area (Å²) in [5, 5.41) is 11.8. The second-order valence-corrected chi connectivity index (χ2v) is 8.45. The number of fused-ring (bicyclic) bond motifs is 1. The molecule has 2 aliphatic rings. The fraction of sp³-hybridized carbons (Fsp3) is 0.417. The zero-order valence-corrected chi connectivity index (χ0v) is 18.5. The third kappa shape index (κ3) is 5.61. The van der Waals surface area contributed by atoms with Gasteiger partial charge in [0.25, 0.3) is 0 Å². The number of nitrogens with zero attached hydrogens (tertiary/aromatic N) is 1. The van der Waals surface area contributed by atoms with Gasteiger partial charge in [-0.25, -0.2) is 0 Å². The number of amides is 1. The van der Waals surface area contributed by atoms with Crippen molar-refractivity contribution < 1.29 is 37.3 Å². The van der Waals surface area contributed by atoms with Gasteiger partial charge in [-0.1, -0.05) is 12.1 Å². The molecule has 1 heterocycles. The SMILES string of the molecule is CN[C@H](CC(=O)O)C(=O)N1CCc2cc(OCc3ccc(C4CC4)cc3OC(F)(F)F)ccc21. The van der Waals surface area contributed by atoms with Crippen LogP contribution in [0.5, 0.6) is 11.5 Å². The fourth-order valence-electron chi connectivity index (χ4n) is 4.11. The second-order valence-electron chi connectivity index (χ2n) is 8.45. The molecule has 0 saturated heterocycles. The van der Waals surface area contributed by atoms with Crippen molar-refractivity contribution in [1.82, 2.24) is 5.32 Å². The van der Waals surface area contributed by atoms with E-state index in [2.05, 4.69) is 10.1 Å². The normalized spacial score (nSPS) is 16.2. The number of hydrogen-bond acceptors (Lipinski definition) is 5. The minimum Gasteiger partial charge on any atom is -0.489 e. The topological polar surface area (TPSA) is 88.1 Å². The Hall–Kier alpha value is -3.27. The number of carboxylic acid groups (broad SMARTS) is 1. The maximum Gasteiger partial charge on any atom is 0.573 e. The highest BCUT2D eigenvalue weighted by Crippen LogP contribution is 2.42. The number of benzene rings is 2. The molecule has 1 saturated carbocycles. The number of anilines is 1. The summed E-state index contributed by atoms with van der Waals surface area (Å²) in [6, 6.07) is 9.09. The van der Waals surface area contributed by atoms with Crippen molar-refractivity contribution in [3.63, 3.8) is 0 Å². The zero-order chi connectivity index (χ0) is 24.5. The molecule has 1 amide bonds. The molecule has 1 aliphatic heterocycles. The Kier molecular flexibility index (Phi) is 6.70. The molecule has 0 aromatic heterocycles. The molecule has 0 unspecified atom stereocenters. The van der Waals surface area contributed by atoms with Crippen LogP contribution in [0, 0.1) is 0 Å². The van der Waals surface area contributed by atoms with Crippen molar-refractivity contribution in [3.05, 3.63) is 53.1 Å². The number of nitrogens with one attached hydrogen (secondary N) is 1. The van der Waals surface area contributed by atoms with E-state index in [1.807, 2.05) is 0 Å². The van der Waals surface area contributed by atoms with E-state index in [4.69, 9.17) is 9.84 Å². The summed E-state index contributed by atoms with van der Waals surface area (Å²) >= 11 is 0. The lowest BCUT2D eigenvalue weighted by Gasteiger charge is -2.23. The van der Waals surface area contributed by atoms with Crippen LogP contribution in [0.15, 0.2) is 36.4 Å². The smallest absolute Gasteiger partial charge is 0.489 e. The Labute approximate surface area is 194 Å². The van der Waals surface area contributed by atoms with Crippen LogP contribution < -0.4 is 19.7 Å². The zero-order valence-electron chi connectivity index (χ0n) is 18.5. The number of carbonyl (C=O) groups excluding carboxylic acids is 1. The highest BCUT2D eigenvalue weighted by Gasteiger charge is 2.34. The van der Waals surface area contributed by atoms with E-state index in [-0.39, 0.29) is 36.2 Å². The van der Waals surface area contributed by atoms with Crippen molar-refractivity contribution in [2.45, 2.75) is 50.6 Å². The maximum atomic E-state index is 12.9. The minimum atomic E-state index is -4.80. The van der Waals surface area contributed by atoms with Crippen LogP contribution in [0.1, 0.15) is 41.9 Å². The number of carbonyl (C=O) groups is 2. The maximum absolute atomic E-state index is 12.9. The van der Waals surface area contributed by atoms with E-state index in [1.54, 1.807) is 30.3 Å². The van der Waals surface area contributed by atoms with Crippen LogP contribution in [-0.2, 0) is 22.6 Å². The average Bonchev–Trinajstić information content (AvgIpc) is 3.54. The van der Waals surface area contributed by atoms with E-state index in [0.29, 0.717) is 24.4 Å². The first-order chi connectivity index (χ1) is 16.1. The first-order valence-electron chi connectivity index (χ1n) is 11.0. The lowest BCUT2D eigenvalue weighted by atomic mass is 10.1. The Morgan fingerprint density at radius 3 is 2.62 bits per heavy atom. The van der Waals surface area contributed by atoms with Gasteiger partial charge in [-0.3, -0.25) is 9.59 Å². The predicted molar refractivity (Wildman–Crippen MR) is 117 cm³/mol. The molecule has 34 heavy (non-hydrogen) atoms. The highest BCUT2D eigenvalue weighted by molar-refractivity contribution is 6.00. The van der Waals surface area contributed by atoms with E-state index < -0.39 is 18.4 Å². The Morgan fingerprint density at radius 1 is 1.21 bits per heavy atom. The van der Waals surface area contributed by atoms with Crippen molar-refractivity contribution in [3.8, 4) is 11.5 Å². The van der Waals surface area contributed by atoms with E-state index in [1.165, 1.54) is 18.0 Å². The summed E-state index contributed by atoms with van der Waals surface area (Å²) in [7, 11) is 1.54. The van der Waals surface area contributed by atoms with Gasteiger partial charge in [0, 0.05) is 17.8 Å². The third-order valence-corrected chi connectivity index (χ3v) is 6.00. The number of aliphatic carboxylic acids is 1. The molecule has 10 heteroatoms. The van der Waals surface area contributed by atoms with E-state index >= 15 is 0 Å². The first-order valence-corrected chi connectivity index (χ1v) is 11.0. The van der Waals surface area contributed by atoms with Crippen LogP contribution in [0.2, 0.25) is 0 Å². The summed E-state index contributed by atoms with van der Waals surface area (Å²) in [5.74, 6) is -0.929. The molecule has 2 N–H and O–H groups in total. The Balaban J connectivity index is 1.46. The molecule has 4 rings (SSSR count). The largest absolute Gasteiger partial charge is 0.573 e. The summed E-state index contributed by atoms with van der Waals surface area (Å²) in [6.45, 7) is 0.292. The van der Waals surface area contributed by atoms with Gasteiger partial charge in [-0.15, -0.1) is 13.2 Å². The fourth-order valence-corrected chi connectivity index (χ4v) is 4.11. The number of hydrogen-bond donors (Lipinski definition) is 2. The molecule has 182 valence electrons. The molecular weight excluding hydrogens is 453 g/mol. The third-order valence-electron chi connectivity index (χ3n) is 6.00.